The number of esters is 1. The lowest BCUT2D eigenvalue weighted by Crippen LogP contribution is -2.46. The predicted octanol–water partition coefficient (Wildman–Crippen LogP) is 6.76. The molecule has 2 saturated heterocycles. The zero-order valence-electron chi connectivity index (χ0n) is 24.2. The van der Waals surface area contributed by atoms with Crippen LogP contribution in [-0.4, -0.2) is 56.2 Å². The number of carbonyl (C=O) groups excluding carboxylic acids is 2. The molecule has 2 aliphatic heterocycles. The van der Waals surface area contributed by atoms with Crippen LogP contribution in [0.1, 0.15) is 61.0 Å². The van der Waals surface area contributed by atoms with Crippen LogP contribution in [0, 0.1) is 11.6 Å². The average Bonchev–Trinajstić information content (AvgIpc) is 3.01. The first kappa shape index (κ1) is 29.5. The van der Waals surface area contributed by atoms with Crippen LogP contribution in [0.25, 0.3) is 11.1 Å². The van der Waals surface area contributed by atoms with E-state index < -0.39 is 29.7 Å². The summed E-state index contributed by atoms with van der Waals surface area (Å²) < 4.78 is 34.2. The van der Waals surface area contributed by atoms with Gasteiger partial charge in [0.15, 0.2) is 0 Å². The molecule has 7 nitrogen and oxygen atoms in total. The van der Waals surface area contributed by atoms with Crippen molar-refractivity contribution >= 4 is 23.4 Å². The van der Waals surface area contributed by atoms with E-state index in [1.165, 1.54) is 69.5 Å². The van der Waals surface area contributed by atoms with Crippen LogP contribution in [0.5, 0.6) is 0 Å². The van der Waals surface area contributed by atoms with E-state index in [1.807, 2.05) is 24.3 Å². The third-order valence-corrected chi connectivity index (χ3v) is 8.39. The quantitative estimate of drug-likeness (QED) is 0.304. The smallest absolute Gasteiger partial charge is 0.341 e. The lowest BCUT2D eigenvalue weighted by atomic mass is 9.96. The standard InChI is InChI=1S/C33H38F2N4O3/c1-22(27-14-9-23(21-30(27)35)28-7-6-8-29(34)31(28)32(40)42-2)36-33(41)37-24-10-12-25(13-11-24)39-19-15-26(16-20-39)38-17-4-3-5-18-38/h6-14,21-22,26H,3-5,15-20H2,1-2H3,(H2,36,37,41)/t22-/m1/s1. The number of likely N-dealkylation sites (tertiary alicyclic amines) is 1. The third kappa shape index (κ3) is 6.73. The molecule has 0 aliphatic carbocycles. The topological polar surface area (TPSA) is 73.9 Å². The molecule has 222 valence electrons. The van der Waals surface area contributed by atoms with Gasteiger partial charge in [-0.2, -0.15) is 0 Å². The number of carbonyl (C=O) groups is 2. The molecule has 0 bridgehead atoms. The molecule has 2 N–H and O–H groups in total. The minimum atomic E-state index is -0.843. The highest BCUT2D eigenvalue weighted by atomic mass is 19.1. The Morgan fingerprint density at radius 2 is 1.62 bits per heavy atom. The van der Waals surface area contributed by atoms with Crippen molar-refractivity contribution in [2.45, 2.75) is 51.1 Å². The molecule has 2 fully saturated rings. The summed E-state index contributed by atoms with van der Waals surface area (Å²) in [7, 11) is 1.16. The van der Waals surface area contributed by atoms with Gasteiger partial charge in [0.05, 0.1) is 13.2 Å². The second-order valence-electron chi connectivity index (χ2n) is 11.1. The fourth-order valence-corrected chi connectivity index (χ4v) is 6.09. The number of benzene rings is 3. The molecule has 0 radical (unpaired) electrons. The van der Waals surface area contributed by atoms with Crippen LogP contribution in [0.3, 0.4) is 0 Å². The van der Waals surface area contributed by atoms with E-state index in [1.54, 1.807) is 13.0 Å². The Balaban J connectivity index is 1.16. The first-order valence-electron chi connectivity index (χ1n) is 14.7. The Hall–Kier alpha value is -3.98. The van der Waals surface area contributed by atoms with Crippen LogP contribution in [-0.2, 0) is 4.74 Å². The summed E-state index contributed by atoms with van der Waals surface area (Å²) in [5.74, 6) is -2.18. The number of amides is 2. The summed E-state index contributed by atoms with van der Waals surface area (Å²) in [4.78, 5) is 29.9. The normalized spacial score (nSPS) is 17.0. The van der Waals surface area contributed by atoms with Gasteiger partial charge in [-0.05, 0) is 93.2 Å². The fourth-order valence-electron chi connectivity index (χ4n) is 6.09. The molecule has 3 aromatic rings. The van der Waals surface area contributed by atoms with Crippen LogP contribution in [0.2, 0.25) is 0 Å². The van der Waals surface area contributed by atoms with Gasteiger partial charge in [0.25, 0.3) is 0 Å². The number of halogens is 2. The number of nitrogens with one attached hydrogen (secondary N) is 2. The maximum Gasteiger partial charge on any atom is 0.341 e. The van der Waals surface area contributed by atoms with Crippen molar-refractivity contribution in [1.29, 1.82) is 0 Å². The van der Waals surface area contributed by atoms with Gasteiger partial charge in [0.1, 0.15) is 17.2 Å². The summed E-state index contributed by atoms with van der Waals surface area (Å²) in [6.07, 6.45) is 6.34. The number of hydrogen-bond donors (Lipinski definition) is 2. The van der Waals surface area contributed by atoms with Gasteiger partial charge in [-0.3, -0.25) is 0 Å². The predicted molar refractivity (Wildman–Crippen MR) is 161 cm³/mol. The highest BCUT2D eigenvalue weighted by Crippen LogP contribution is 2.30. The van der Waals surface area contributed by atoms with E-state index in [0.717, 1.165) is 32.0 Å². The minimum Gasteiger partial charge on any atom is -0.465 e. The molecule has 0 spiro atoms. The number of nitrogens with zero attached hydrogens (tertiary/aromatic N) is 2. The van der Waals surface area contributed by atoms with Gasteiger partial charge in [0, 0.05) is 36.1 Å². The summed E-state index contributed by atoms with van der Waals surface area (Å²) in [6, 6.07) is 15.8. The molecular formula is C33H38F2N4O3. The van der Waals surface area contributed by atoms with Gasteiger partial charge in [-0.25, -0.2) is 18.4 Å². The van der Waals surface area contributed by atoms with Crippen molar-refractivity contribution in [3.05, 3.63) is 83.4 Å². The van der Waals surface area contributed by atoms with Crippen molar-refractivity contribution in [2.24, 2.45) is 0 Å². The van der Waals surface area contributed by atoms with E-state index >= 15 is 4.39 Å². The molecule has 2 heterocycles. The van der Waals surface area contributed by atoms with Gasteiger partial charge < -0.3 is 25.2 Å². The molecule has 0 unspecified atom stereocenters. The highest BCUT2D eigenvalue weighted by Gasteiger charge is 2.26. The maximum atomic E-state index is 15.1. The Morgan fingerprint density at radius 1 is 0.905 bits per heavy atom. The van der Waals surface area contributed by atoms with Gasteiger partial charge in [-0.1, -0.05) is 30.7 Å². The minimum absolute atomic E-state index is 0.223. The number of methoxy groups -OCH3 is 1. The molecule has 1 atom stereocenters. The van der Waals surface area contributed by atoms with E-state index in [-0.39, 0.29) is 16.7 Å². The first-order valence-corrected chi connectivity index (χ1v) is 14.7. The first-order chi connectivity index (χ1) is 20.3. The van der Waals surface area contributed by atoms with E-state index in [0.29, 0.717) is 17.3 Å². The van der Waals surface area contributed by atoms with Crippen LogP contribution in [0.4, 0.5) is 25.0 Å². The number of rotatable bonds is 7. The molecule has 5 rings (SSSR count). The lowest BCUT2D eigenvalue weighted by molar-refractivity contribution is 0.0596. The van der Waals surface area contributed by atoms with Gasteiger partial charge >= 0.3 is 12.0 Å². The Kier molecular flexibility index (Phi) is 9.37. The highest BCUT2D eigenvalue weighted by molar-refractivity contribution is 5.97. The van der Waals surface area contributed by atoms with Crippen molar-refractivity contribution in [1.82, 2.24) is 10.2 Å². The molecule has 0 aromatic heterocycles. The largest absolute Gasteiger partial charge is 0.465 e. The molecule has 9 heteroatoms. The van der Waals surface area contributed by atoms with Crippen LogP contribution in [0.15, 0.2) is 60.7 Å². The monoisotopic (exact) mass is 576 g/mol. The Bertz CT molecular complexity index is 1400. The maximum absolute atomic E-state index is 15.1. The fraction of sp³-hybridized carbons (Fsp3) is 0.394. The molecule has 42 heavy (non-hydrogen) atoms. The number of urea groups is 1. The molecule has 2 amide bonds. The van der Waals surface area contributed by atoms with Gasteiger partial charge in [0.2, 0.25) is 0 Å². The van der Waals surface area contributed by atoms with Crippen molar-refractivity contribution in [2.75, 3.05) is 43.5 Å². The van der Waals surface area contributed by atoms with Gasteiger partial charge in [-0.15, -0.1) is 0 Å². The zero-order chi connectivity index (χ0) is 29.6. The molecule has 2 aliphatic rings. The van der Waals surface area contributed by atoms with Crippen molar-refractivity contribution in [3.8, 4) is 11.1 Å². The van der Waals surface area contributed by atoms with Crippen LogP contribution < -0.4 is 15.5 Å². The molecule has 0 saturated carbocycles. The summed E-state index contributed by atoms with van der Waals surface area (Å²) in [5, 5.41) is 5.59. The number of piperidine rings is 2. The molecule has 3 aromatic carbocycles. The van der Waals surface area contributed by atoms with E-state index in [9.17, 15) is 14.0 Å². The number of anilines is 2. The van der Waals surface area contributed by atoms with E-state index in [4.69, 9.17) is 4.74 Å². The summed E-state index contributed by atoms with van der Waals surface area (Å²) in [6.45, 7) is 6.20. The summed E-state index contributed by atoms with van der Waals surface area (Å²) >= 11 is 0. The Labute approximate surface area is 245 Å². The van der Waals surface area contributed by atoms with Crippen molar-refractivity contribution < 1.29 is 23.1 Å². The van der Waals surface area contributed by atoms with Crippen LogP contribution >= 0.6 is 0 Å². The second-order valence-corrected chi connectivity index (χ2v) is 11.1. The third-order valence-electron chi connectivity index (χ3n) is 8.39. The van der Waals surface area contributed by atoms with Crippen molar-refractivity contribution in [3.63, 3.8) is 0 Å². The lowest BCUT2D eigenvalue weighted by Gasteiger charge is -2.41. The SMILES string of the molecule is COC(=O)c1c(F)cccc1-c1ccc([C@@H](C)NC(=O)Nc2ccc(N3CCC(N4CCCCC4)CC3)cc2)c(F)c1. The average molecular weight is 577 g/mol. The Morgan fingerprint density at radius 3 is 2.29 bits per heavy atom. The molecular weight excluding hydrogens is 538 g/mol. The second kappa shape index (κ2) is 13.3. The number of hydrogen-bond acceptors (Lipinski definition) is 5. The summed E-state index contributed by atoms with van der Waals surface area (Å²) in [5.41, 5.74) is 2.33. The number of ether oxygens (including phenoxy) is 1. The van der Waals surface area contributed by atoms with E-state index in [2.05, 4.69) is 20.4 Å². The zero-order valence-corrected chi connectivity index (χ0v) is 24.2.